The van der Waals surface area contributed by atoms with Gasteiger partial charge < -0.3 is 5.73 Å². The average Bonchev–Trinajstić information content (AvgIpc) is 2.73. The second kappa shape index (κ2) is 4.50. The number of amidine groups is 1. The number of halogens is 1. The number of nitrogens with zero attached hydrogens (tertiary/aromatic N) is 3. The minimum atomic E-state index is -0.0909. The van der Waals surface area contributed by atoms with Gasteiger partial charge in [-0.05, 0) is 17.8 Å². The molecule has 0 aliphatic heterocycles. The van der Waals surface area contributed by atoms with Gasteiger partial charge in [-0.15, -0.1) is 0 Å². The summed E-state index contributed by atoms with van der Waals surface area (Å²) < 4.78 is 0. The van der Waals surface area contributed by atoms with Crippen LogP contribution in [0.1, 0.15) is 5.56 Å². The number of rotatable bonds is 3. The van der Waals surface area contributed by atoms with Gasteiger partial charge in [0, 0.05) is 11.8 Å². The molecule has 2 heterocycles. The van der Waals surface area contributed by atoms with Crippen molar-refractivity contribution in [2.75, 3.05) is 0 Å². The van der Waals surface area contributed by atoms with Gasteiger partial charge in [0.15, 0.2) is 5.16 Å². The molecule has 16 heavy (non-hydrogen) atoms. The van der Waals surface area contributed by atoms with Gasteiger partial charge >= 0.3 is 0 Å². The summed E-state index contributed by atoms with van der Waals surface area (Å²) in [5.41, 5.74) is 5.84. The van der Waals surface area contributed by atoms with Gasteiger partial charge in [-0.1, -0.05) is 11.6 Å². The van der Waals surface area contributed by atoms with Gasteiger partial charge in [0.2, 0.25) is 0 Å². The number of hydrogen-bond acceptors (Lipinski definition) is 5. The molecule has 82 valence electrons. The summed E-state index contributed by atoms with van der Waals surface area (Å²) in [7, 11) is 0. The fourth-order valence-corrected chi connectivity index (χ4v) is 2.06. The fourth-order valence-electron chi connectivity index (χ4n) is 1.04. The molecular formula is C8H7ClN6S. The van der Waals surface area contributed by atoms with Crippen molar-refractivity contribution < 1.29 is 0 Å². The molecule has 0 atom stereocenters. The van der Waals surface area contributed by atoms with E-state index in [0.717, 1.165) is 0 Å². The maximum Gasteiger partial charge on any atom is 0.189 e. The highest BCUT2D eigenvalue weighted by Gasteiger charge is 2.11. The van der Waals surface area contributed by atoms with Crippen molar-refractivity contribution in [3.05, 3.63) is 29.2 Å². The molecule has 0 unspecified atom stereocenters. The van der Waals surface area contributed by atoms with Crippen molar-refractivity contribution in [3.63, 3.8) is 0 Å². The van der Waals surface area contributed by atoms with Gasteiger partial charge in [0.05, 0.1) is 5.02 Å². The molecule has 0 bridgehead atoms. The topological polar surface area (TPSA) is 104 Å². The van der Waals surface area contributed by atoms with Crippen molar-refractivity contribution in [3.8, 4) is 0 Å². The smallest absolute Gasteiger partial charge is 0.189 e. The largest absolute Gasteiger partial charge is 0.384 e. The first-order valence-electron chi connectivity index (χ1n) is 4.20. The molecule has 0 spiro atoms. The molecule has 2 aromatic heterocycles. The Balaban J connectivity index is 2.35. The third-order valence-electron chi connectivity index (χ3n) is 1.73. The summed E-state index contributed by atoms with van der Waals surface area (Å²) in [4.78, 5) is 8.03. The van der Waals surface area contributed by atoms with E-state index in [1.807, 2.05) is 0 Å². The van der Waals surface area contributed by atoms with E-state index in [-0.39, 0.29) is 5.84 Å². The van der Waals surface area contributed by atoms with E-state index in [0.29, 0.717) is 20.8 Å². The van der Waals surface area contributed by atoms with Crippen molar-refractivity contribution in [1.82, 2.24) is 20.2 Å². The van der Waals surface area contributed by atoms with Gasteiger partial charge in [0.1, 0.15) is 17.2 Å². The Bertz CT molecular complexity index is 511. The minimum Gasteiger partial charge on any atom is -0.384 e. The summed E-state index contributed by atoms with van der Waals surface area (Å²) in [6.07, 6.45) is 2.94. The lowest BCUT2D eigenvalue weighted by Gasteiger charge is -2.04. The Morgan fingerprint density at radius 1 is 1.50 bits per heavy atom. The maximum atomic E-state index is 7.34. The summed E-state index contributed by atoms with van der Waals surface area (Å²) in [6, 6.07) is 1.59. The molecule has 8 heteroatoms. The number of aromatic amines is 1. The van der Waals surface area contributed by atoms with E-state index in [1.54, 1.807) is 12.3 Å². The normalized spacial score (nSPS) is 10.3. The quantitative estimate of drug-likeness (QED) is 0.565. The third-order valence-corrected chi connectivity index (χ3v) is 3.12. The van der Waals surface area contributed by atoms with Gasteiger partial charge in [0.25, 0.3) is 0 Å². The molecule has 4 N–H and O–H groups in total. The Hall–Kier alpha value is -1.60. The Morgan fingerprint density at radius 2 is 2.31 bits per heavy atom. The molecule has 0 aliphatic carbocycles. The summed E-state index contributed by atoms with van der Waals surface area (Å²) >= 11 is 7.28. The van der Waals surface area contributed by atoms with Crippen molar-refractivity contribution in [2.45, 2.75) is 10.2 Å². The van der Waals surface area contributed by atoms with Gasteiger partial charge in [-0.2, -0.15) is 5.10 Å². The van der Waals surface area contributed by atoms with E-state index in [2.05, 4.69) is 20.2 Å². The van der Waals surface area contributed by atoms with Crippen molar-refractivity contribution in [1.29, 1.82) is 5.41 Å². The van der Waals surface area contributed by atoms with Crippen LogP contribution >= 0.6 is 23.4 Å². The van der Waals surface area contributed by atoms with Crippen molar-refractivity contribution >= 4 is 29.2 Å². The number of nitrogen functional groups attached to an aromatic ring is 1. The lowest BCUT2D eigenvalue weighted by atomic mass is 10.2. The van der Waals surface area contributed by atoms with E-state index >= 15 is 0 Å². The maximum absolute atomic E-state index is 7.34. The molecule has 0 aromatic carbocycles. The van der Waals surface area contributed by atoms with Crippen LogP contribution in [0.2, 0.25) is 5.02 Å². The Morgan fingerprint density at radius 3 is 2.94 bits per heavy atom. The van der Waals surface area contributed by atoms with Crippen LogP contribution in [-0.2, 0) is 0 Å². The zero-order valence-electron chi connectivity index (χ0n) is 7.94. The molecule has 2 rings (SSSR count). The average molecular weight is 255 g/mol. The minimum absolute atomic E-state index is 0.0909. The lowest BCUT2D eigenvalue weighted by Crippen LogP contribution is -2.12. The highest BCUT2D eigenvalue weighted by Crippen LogP contribution is 2.30. The molecule has 0 aliphatic rings. The zero-order valence-corrected chi connectivity index (χ0v) is 9.51. The molecule has 0 amide bonds. The van der Waals surface area contributed by atoms with Crippen LogP contribution < -0.4 is 5.73 Å². The van der Waals surface area contributed by atoms with Gasteiger partial charge in [-0.3, -0.25) is 10.5 Å². The second-order valence-corrected chi connectivity index (χ2v) is 4.14. The first kappa shape index (κ1) is 10.9. The number of nitrogens with one attached hydrogen (secondary N) is 2. The van der Waals surface area contributed by atoms with Crippen LogP contribution in [0.5, 0.6) is 0 Å². The highest BCUT2D eigenvalue weighted by atomic mass is 35.5. The number of hydrogen-bond donors (Lipinski definition) is 3. The third kappa shape index (κ3) is 2.15. The SMILES string of the molecule is N=C(N)c1ccnc(Sc2ncn[nH]2)c1Cl. The molecule has 2 aromatic rings. The lowest BCUT2D eigenvalue weighted by molar-refractivity contribution is 0.967. The second-order valence-electron chi connectivity index (χ2n) is 2.78. The molecule has 0 radical (unpaired) electrons. The highest BCUT2D eigenvalue weighted by molar-refractivity contribution is 7.99. The number of pyridine rings is 1. The van der Waals surface area contributed by atoms with Crippen LogP contribution in [0, 0.1) is 5.41 Å². The fraction of sp³-hybridized carbons (Fsp3) is 0. The van der Waals surface area contributed by atoms with E-state index in [4.69, 9.17) is 22.7 Å². The molecule has 0 fully saturated rings. The van der Waals surface area contributed by atoms with Crippen molar-refractivity contribution in [2.24, 2.45) is 5.73 Å². The van der Waals surface area contributed by atoms with Crippen LogP contribution in [0.25, 0.3) is 0 Å². The first-order chi connectivity index (χ1) is 7.68. The Kier molecular flexibility index (Phi) is 3.07. The Labute approximate surface area is 100 Å². The number of nitrogens with two attached hydrogens (primary N) is 1. The van der Waals surface area contributed by atoms with Crippen LogP contribution in [0.15, 0.2) is 28.8 Å². The zero-order chi connectivity index (χ0) is 11.5. The predicted molar refractivity (Wildman–Crippen MR) is 60.8 cm³/mol. The summed E-state index contributed by atoms with van der Waals surface area (Å²) in [5, 5.41) is 15.2. The van der Waals surface area contributed by atoms with Gasteiger partial charge in [-0.25, -0.2) is 9.97 Å². The van der Waals surface area contributed by atoms with Crippen LogP contribution in [-0.4, -0.2) is 26.0 Å². The molecule has 6 nitrogen and oxygen atoms in total. The van der Waals surface area contributed by atoms with E-state index in [1.165, 1.54) is 18.1 Å². The number of aromatic nitrogens is 4. The van der Waals surface area contributed by atoms with E-state index in [9.17, 15) is 0 Å². The monoisotopic (exact) mass is 254 g/mol. The summed E-state index contributed by atoms with van der Waals surface area (Å²) in [5.74, 6) is -0.0909. The standard InChI is InChI=1S/C8H7ClN6S/c9-5-4(6(10)11)1-2-12-7(5)16-8-13-3-14-15-8/h1-3H,(H3,10,11)(H,13,14,15). The first-order valence-corrected chi connectivity index (χ1v) is 5.40. The molecule has 0 saturated heterocycles. The molecule has 0 saturated carbocycles. The number of H-pyrrole nitrogens is 1. The predicted octanol–water partition coefficient (Wildman–Crippen LogP) is 1.29. The molecular weight excluding hydrogens is 248 g/mol. The van der Waals surface area contributed by atoms with Crippen LogP contribution in [0.3, 0.4) is 0 Å². The summed E-state index contributed by atoms with van der Waals surface area (Å²) in [6.45, 7) is 0. The van der Waals surface area contributed by atoms with Crippen LogP contribution in [0.4, 0.5) is 0 Å². The van der Waals surface area contributed by atoms with E-state index < -0.39 is 0 Å².